The maximum atomic E-state index is 2.67. The molecule has 0 aromatic rings. The standard InChI is InChI=1S/C11H21N/c1-2-12-8-10-4-3-5-11(9-12)7-6-10/h10-11H,2-9H2,1H3. The van der Waals surface area contributed by atoms with E-state index in [1.54, 1.807) is 0 Å². The van der Waals surface area contributed by atoms with E-state index in [0.29, 0.717) is 0 Å². The van der Waals surface area contributed by atoms with Crippen molar-refractivity contribution in [3.05, 3.63) is 0 Å². The highest BCUT2D eigenvalue weighted by atomic mass is 15.1. The Morgan fingerprint density at radius 3 is 2.08 bits per heavy atom. The van der Waals surface area contributed by atoms with Gasteiger partial charge in [0, 0.05) is 13.1 Å². The van der Waals surface area contributed by atoms with Crippen molar-refractivity contribution in [1.82, 2.24) is 4.90 Å². The van der Waals surface area contributed by atoms with Crippen molar-refractivity contribution in [3.63, 3.8) is 0 Å². The molecule has 0 N–H and O–H groups in total. The summed E-state index contributed by atoms with van der Waals surface area (Å²) in [4.78, 5) is 2.67. The van der Waals surface area contributed by atoms with Crippen LogP contribution in [0.4, 0.5) is 0 Å². The molecule has 70 valence electrons. The minimum absolute atomic E-state index is 1.04. The SMILES string of the molecule is CCN1CC2CCCC(CC2)C1. The third-order valence-electron chi connectivity index (χ3n) is 3.69. The molecule has 0 spiro atoms. The molecule has 2 unspecified atom stereocenters. The van der Waals surface area contributed by atoms with Crippen LogP contribution in [0.2, 0.25) is 0 Å². The molecular formula is C11H21N. The van der Waals surface area contributed by atoms with E-state index in [-0.39, 0.29) is 0 Å². The second kappa shape index (κ2) is 3.78. The molecule has 2 rings (SSSR count). The lowest BCUT2D eigenvalue weighted by Gasteiger charge is -2.27. The van der Waals surface area contributed by atoms with Crippen LogP contribution in [0.15, 0.2) is 0 Å². The number of nitrogens with zero attached hydrogens (tertiary/aromatic N) is 1. The molecule has 2 aliphatic rings. The van der Waals surface area contributed by atoms with Crippen LogP contribution in [0.25, 0.3) is 0 Å². The molecule has 1 aliphatic carbocycles. The van der Waals surface area contributed by atoms with E-state index >= 15 is 0 Å². The fourth-order valence-corrected chi connectivity index (χ4v) is 2.88. The third kappa shape index (κ3) is 1.82. The molecule has 1 heterocycles. The molecule has 1 saturated heterocycles. The van der Waals surface area contributed by atoms with E-state index in [1.807, 2.05) is 0 Å². The van der Waals surface area contributed by atoms with Gasteiger partial charge in [0.25, 0.3) is 0 Å². The van der Waals surface area contributed by atoms with Gasteiger partial charge in [0.1, 0.15) is 0 Å². The van der Waals surface area contributed by atoms with Gasteiger partial charge >= 0.3 is 0 Å². The van der Waals surface area contributed by atoms with Gasteiger partial charge < -0.3 is 4.90 Å². The first-order valence-electron chi connectivity index (χ1n) is 5.61. The van der Waals surface area contributed by atoms with E-state index in [9.17, 15) is 0 Å². The number of hydrogen-bond acceptors (Lipinski definition) is 1. The molecule has 0 amide bonds. The summed E-state index contributed by atoms with van der Waals surface area (Å²) >= 11 is 0. The monoisotopic (exact) mass is 167 g/mol. The predicted octanol–water partition coefficient (Wildman–Crippen LogP) is 2.52. The molecule has 1 aliphatic heterocycles. The molecule has 0 aromatic carbocycles. The van der Waals surface area contributed by atoms with Crippen molar-refractivity contribution in [2.75, 3.05) is 19.6 Å². The Morgan fingerprint density at radius 1 is 1.00 bits per heavy atom. The molecule has 2 atom stereocenters. The summed E-state index contributed by atoms with van der Waals surface area (Å²) in [5, 5.41) is 0. The number of rotatable bonds is 1. The summed E-state index contributed by atoms with van der Waals surface area (Å²) in [7, 11) is 0. The first-order chi connectivity index (χ1) is 5.88. The molecule has 1 heteroatoms. The van der Waals surface area contributed by atoms with E-state index in [1.165, 1.54) is 51.7 Å². The lowest BCUT2D eigenvalue weighted by atomic mass is 10.00. The summed E-state index contributed by atoms with van der Waals surface area (Å²) in [6.45, 7) is 6.37. The maximum absolute atomic E-state index is 2.67. The van der Waals surface area contributed by atoms with Gasteiger partial charge in [-0.2, -0.15) is 0 Å². The molecule has 1 saturated carbocycles. The van der Waals surface area contributed by atoms with Crippen molar-refractivity contribution < 1.29 is 0 Å². The van der Waals surface area contributed by atoms with Gasteiger partial charge in [-0.1, -0.05) is 13.3 Å². The topological polar surface area (TPSA) is 3.24 Å². The molecule has 2 bridgehead atoms. The minimum atomic E-state index is 1.04. The summed E-state index contributed by atoms with van der Waals surface area (Å²) < 4.78 is 0. The van der Waals surface area contributed by atoms with Crippen LogP contribution in [0.5, 0.6) is 0 Å². The zero-order valence-electron chi connectivity index (χ0n) is 8.26. The Kier molecular flexibility index (Phi) is 2.69. The van der Waals surface area contributed by atoms with Crippen LogP contribution in [-0.2, 0) is 0 Å². The fourth-order valence-electron chi connectivity index (χ4n) is 2.88. The normalized spacial score (nSPS) is 37.8. The molecule has 2 fully saturated rings. The molecule has 1 nitrogen and oxygen atoms in total. The first kappa shape index (κ1) is 8.55. The van der Waals surface area contributed by atoms with Crippen LogP contribution in [-0.4, -0.2) is 24.5 Å². The van der Waals surface area contributed by atoms with Gasteiger partial charge in [-0.15, -0.1) is 0 Å². The Bertz CT molecular complexity index is 130. The quantitative estimate of drug-likeness (QED) is 0.580. The molecule has 0 aromatic heterocycles. The van der Waals surface area contributed by atoms with Crippen LogP contribution in [0.1, 0.15) is 39.0 Å². The Hall–Kier alpha value is -0.0400. The molecule has 0 radical (unpaired) electrons. The van der Waals surface area contributed by atoms with Crippen molar-refractivity contribution in [2.24, 2.45) is 11.8 Å². The highest BCUT2D eigenvalue weighted by molar-refractivity contribution is 4.79. The lowest BCUT2D eigenvalue weighted by Crippen LogP contribution is -2.32. The fraction of sp³-hybridized carbons (Fsp3) is 1.00. The summed E-state index contributed by atoms with van der Waals surface area (Å²) in [6, 6.07) is 0. The Labute approximate surface area is 76.1 Å². The van der Waals surface area contributed by atoms with Crippen molar-refractivity contribution in [1.29, 1.82) is 0 Å². The van der Waals surface area contributed by atoms with Crippen molar-refractivity contribution >= 4 is 0 Å². The van der Waals surface area contributed by atoms with E-state index in [4.69, 9.17) is 0 Å². The van der Waals surface area contributed by atoms with Crippen LogP contribution >= 0.6 is 0 Å². The van der Waals surface area contributed by atoms with Gasteiger partial charge in [0.15, 0.2) is 0 Å². The highest BCUT2D eigenvalue weighted by Gasteiger charge is 2.25. The van der Waals surface area contributed by atoms with Gasteiger partial charge in [-0.05, 0) is 44.1 Å². The average Bonchev–Trinajstić information content (AvgIpc) is 2.35. The van der Waals surface area contributed by atoms with Crippen LogP contribution in [0, 0.1) is 11.8 Å². The van der Waals surface area contributed by atoms with Crippen LogP contribution < -0.4 is 0 Å². The number of fused-ring (bicyclic) bond motifs is 3. The van der Waals surface area contributed by atoms with Gasteiger partial charge in [0.05, 0.1) is 0 Å². The van der Waals surface area contributed by atoms with Crippen molar-refractivity contribution in [2.45, 2.75) is 39.0 Å². The van der Waals surface area contributed by atoms with Crippen molar-refractivity contribution in [3.8, 4) is 0 Å². The predicted molar refractivity (Wildman–Crippen MR) is 52.2 cm³/mol. The smallest absolute Gasteiger partial charge is 0.000966 e. The molecule has 12 heavy (non-hydrogen) atoms. The zero-order chi connectivity index (χ0) is 8.39. The number of likely N-dealkylation sites (tertiary alicyclic amines) is 1. The lowest BCUT2D eigenvalue weighted by molar-refractivity contribution is 0.208. The summed E-state index contributed by atoms with van der Waals surface area (Å²) in [6.07, 6.45) is 7.55. The average molecular weight is 167 g/mol. The Balaban J connectivity index is 2.01. The van der Waals surface area contributed by atoms with E-state index < -0.39 is 0 Å². The maximum Gasteiger partial charge on any atom is 0.000966 e. The highest BCUT2D eigenvalue weighted by Crippen LogP contribution is 2.31. The molecular weight excluding hydrogens is 146 g/mol. The summed E-state index contributed by atoms with van der Waals surface area (Å²) in [5.41, 5.74) is 0. The van der Waals surface area contributed by atoms with Gasteiger partial charge in [0.2, 0.25) is 0 Å². The number of hydrogen-bond donors (Lipinski definition) is 0. The Morgan fingerprint density at radius 2 is 1.58 bits per heavy atom. The third-order valence-corrected chi connectivity index (χ3v) is 3.69. The van der Waals surface area contributed by atoms with Gasteiger partial charge in [-0.3, -0.25) is 0 Å². The second-order valence-corrected chi connectivity index (χ2v) is 4.59. The first-order valence-corrected chi connectivity index (χ1v) is 5.61. The largest absolute Gasteiger partial charge is 0.303 e. The van der Waals surface area contributed by atoms with E-state index in [2.05, 4.69) is 11.8 Å². The summed E-state index contributed by atoms with van der Waals surface area (Å²) in [5.74, 6) is 2.08. The second-order valence-electron chi connectivity index (χ2n) is 4.59. The van der Waals surface area contributed by atoms with Crippen LogP contribution in [0.3, 0.4) is 0 Å². The van der Waals surface area contributed by atoms with Gasteiger partial charge in [-0.25, -0.2) is 0 Å². The zero-order valence-corrected chi connectivity index (χ0v) is 8.26. The van der Waals surface area contributed by atoms with E-state index in [0.717, 1.165) is 11.8 Å². The minimum Gasteiger partial charge on any atom is -0.303 e.